The highest BCUT2D eigenvalue weighted by Crippen LogP contribution is 2.14. The molecule has 98 valence electrons. The van der Waals surface area contributed by atoms with Crippen molar-refractivity contribution in [2.75, 3.05) is 0 Å². The van der Waals surface area contributed by atoms with E-state index in [0.717, 1.165) is 16.8 Å². The van der Waals surface area contributed by atoms with E-state index in [9.17, 15) is 0 Å². The van der Waals surface area contributed by atoms with Gasteiger partial charge in [0.05, 0.1) is 5.69 Å². The smallest absolute Gasteiger partial charge is 0.182 e. The van der Waals surface area contributed by atoms with Gasteiger partial charge in [0.15, 0.2) is 5.82 Å². The van der Waals surface area contributed by atoms with Gasteiger partial charge >= 0.3 is 0 Å². The van der Waals surface area contributed by atoms with E-state index in [-0.39, 0.29) is 12.4 Å². The predicted octanol–water partition coefficient (Wildman–Crippen LogP) is 2.69. The highest BCUT2D eigenvalue weighted by atomic mass is 35.5. The number of imidazole rings is 1. The first-order valence-corrected chi connectivity index (χ1v) is 5.80. The summed E-state index contributed by atoms with van der Waals surface area (Å²) in [5.41, 5.74) is 2.73. The fourth-order valence-electron chi connectivity index (χ4n) is 1.62. The van der Waals surface area contributed by atoms with Crippen molar-refractivity contribution < 1.29 is 0 Å². The zero-order chi connectivity index (χ0) is 12.9. The highest BCUT2D eigenvalue weighted by molar-refractivity contribution is 5.85. The largest absolute Gasteiger partial charge is 0.338 e. The van der Waals surface area contributed by atoms with Crippen LogP contribution in [-0.4, -0.2) is 19.9 Å². The van der Waals surface area contributed by atoms with Crippen LogP contribution in [0.5, 0.6) is 0 Å². The third-order valence-electron chi connectivity index (χ3n) is 2.54. The minimum atomic E-state index is 0. The molecule has 20 heavy (non-hydrogen) atoms. The van der Waals surface area contributed by atoms with Gasteiger partial charge in [-0.05, 0) is 30.2 Å². The van der Waals surface area contributed by atoms with Crippen LogP contribution in [0, 0.1) is 11.8 Å². The van der Waals surface area contributed by atoms with Gasteiger partial charge in [0.2, 0.25) is 0 Å². The van der Waals surface area contributed by atoms with Gasteiger partial charge in [0.1, 0.15) is 0 Å². The zero-order valence-electron chi connectivity index (χ0n) is 10.4. The second-order valence-corrected chi connectivity index (χ2v) is 3.86. The molecule has 0 amide bonds. The normalized spacial score (nSPS) is 9.20. The Kier molecular flexibility index (Phi) is 4.48. The van der Waals surface area contributed by atoms with E-state index in [0.29, 0.717) is 5.82 Å². The van der Waals surface area contributed by atoms with Crippen LogP contribution < -0.4 is 0 Å². The summed E-state index contributed by atoms with van der Waals surface area (Å²) in [5.74, 6) is 6.58. The third kappa shape index (κ3) is 3.22. The van der Waals surface area contributed by atoms with E-state index in [1.54, 1.807) is 31.0 Å². The van der Waals surface area contributed by atoms with Gasteiger partial charge in [-0.2, -0.15) is 0 Å². The molecule has 0 aliphatic rings. The maximum atomic E-state index is 4.38. The molecule has 0 unspecified atom stereocenters. The Balaban J connectivity index is 0.00000147. The summed E-state index contributed by atoms with van der Waals surface area (Å²) in [5, 5.41) is 0. The summed E-state index contributed by atoms with van der Waals surface area (Å²) in [7, 11) is 0. The van der Waals surface area contributed by atoms with Gasteiger partial charge in [-0.3, -0.25) is 9.97 Å². The molecule has 0 radical (unpaired) electrons. The van der Waals surface area contributed by atoms with Crippen LogP contribution >= 0.6 is 12.4 Å². The van der Waals surface area contributed by atoms with E-state index in [2.05, 4.69) is 31.8 Å². The number of rotatable bonds is 1. The molecular weight excluding hydrogens is 272 g/mol. The predicted molar refractivity (Wildman–Crippen MR) is 79.3 cm³/mol. The van der Waals surface area contributed by atoms with Gasteiger partial charge in [-0.15, -0.1) is 12.4 Å². The van der Waals surface area contributed by atoms with Gasteiger partial charge in [0.25, 0.3) is 0 Å². The maximum absolute atomic E-state index is 4.38. The fraction of sp³-hybridized carbons (Fsp3) is 0. The minimum absolute atomic E-state index is 0. The van der Waals surface area contributed by atoms with Crippen LogP contribution in [0.2, 0.25) is 0 Å². The monoisotopic (exact) mass is 282 g/mol. The topological polar surface area (TPSA) is 54.5 Å². The molecule has 0 spiro atoms. The van der Waals surface area contributed by atoms with E-state index in [1.165, 1.54) is 0 Å². The second kappa shape index (κ2) is 6.50. The molecule has 0 aromatic carbocycles. The van der Waals surface area contributed by atoms with Crippen molar-refractivity contribution in [3.8, 4) is 23.1 Å². The first-order valence-electron chi connectivity index (χ1n) is 5.80. The summed E-state index contributed by atoms with van der Waals surface area (Å²) in [6.07, 6.45) is 8.70. The number of hydrogen-bond donors (Lipinski definition) is 1. The fourth-order valence-corrected chi connectivity index (χ4v) is 1.62. The Morgan fingerprint density at radius 1 is 0.950 bits per heavy atom. The van der Waals surface area contributed by atoms with Crippen LogP contribution in [0.25, 0.3) is 11.3 Å². The van der Waals surface area contributed by atoms with Crippen LogP contribution in [0.4, 0.5) is 0 Å². The lowest BCUT2D eigenvalue weighted by Gasteiger charge is -1.99. The lowest BCUT2D eigenvalue weighted by atomic mass is 10.1. The van der Waals surface area contributed by atoms with E-state index in [1.807, 2.05) is 24.3 Å². The van der Waals surface area contributed by atoms with Crippen LogP contribution in [0.1, 0.15) is 11.4 Å². The van der Waals surface area contributed by atoms with Gasteiger partial charge in [-0.25, -0.2) is 4.98 Å². The van der Waals surface area contributed by atoms with E-state index in [4.69, 9.17) is 0 Å². The van der Waals surface area contributed by atoms with Crippen molar-refractivity contribution in [1.82, 2.24) is 19.9 Å². The number of H-pyrrole nitrogens is 1. The molecule has 3 aromatic heterocycles. The zero-order valence-corrected chi connectivity index (χ0v) is 11.3. The summed E-state index contributed by atoms with van der Waals surface area (Å²) >= 11 is 0. The number of aromatic amines is 1. The Morgan fingerprint density at radius 2 is 1.90 bits per heavy atom. The Hall–Kier alpha value is -2.64. The molecule has 3 aromatic rings. The Labute approximate surface area is 122 Å². The molecule has 0 aliphatic carbocycles. The number of hydrogen-bond acceptors (Lipinski definition) is 3. The summed E-state index contributed by atoms with van der Waals surface area (Å²) in [6, 6.07) is 7.74. The molecule has 3 heterocycles. The van der Waals surface area contributed by atoms with E-state index >= 15 is 0 Å². The quantitative estimate of drug-likeness (QED) is 0.698. The lowest BCUT2D eigenvalue weighted by Crippen LogP contribution is -1.85. The number of nitrogens with one attached hydrogen (secondary N) is 1. The van der Waals surface area contributed by atoms with Gasteiger partial charge < -0.3 is 4.98 Å². The molecule has 5 heteroatoms. The molecule has 0 atom stereocenters. The molecule has 3 rings (SSSR count). The van der Waals surface area contributed by atoms with Crippen molar-refractivity contribution in [3.63, 3.8) is 0 Å². The molecule has 1 N–H and O–H groups in total. The molecule has 0 fully saturated rings. The molecule has 0 saturated heterocycles. The van der Waals surface area contributed by atoms with E-state index < -0.39 is 0 Å². The molecule has 0 saturated carbocycles. The first-order chi connectivity index (χ1) is 9.42. The maximum Gasteiger partial charge on any atom is 0.182 e. The van der Waals surface area contributed by atoms with Crippen LogP contribution in [0.3, 0.4) is 0 Å². The Morgan fingerprint density at radius 3 is 2.55 bits per heavy atom. The van der Waals surface area contributed by atoms with Gasteiger partial charge in [0, 0.05) is 42.1 Å². The molecule has 0 aliphatic heterocycles. The number of halogens is 1. The van der Waals surface area contributed by atoms with Crippen molar-refractivity contribution in [1.29, 1.82) is 0 Å². The second-order valence-electron chi connectivity index (χ2n) is 3.86. The lowest BCUT2D eigenvalue weighted by molar-refractivity contribution is 1.25. The SMILES string of the molecule is C(#Cc1ncc[nH]1)c1ccc(-c2cccnc2)nc1.Cl. The van der Waals surface area contributed by atoms with Crippen LogP contribution in [0.15, 0.2) is 55.2 Å². The standard InChI is InChI=1S/C15H10N4.ClH/c1-2-13(11-16-7-1)14-5-3-12(10-19-14)4-6-15-17-8-9-18-15;/h1-3,5,7-11H,(H,17,18);1H. The summed E-state index contributed by atoms with van der Waals surface area (Å²) < 4.78 is 0. The average molecular weight is 283 g/mol. The summed E-state index contributed by atoms with van der Waals surface area (Å²) in [6.45, 7) is 0. The minimum Gasteiger partial charge on any atom is -0.338 e. The third-order valence-corrected chi connectivity index (χ3v) is 2.54. The average Bonchev–Trinajstić information content (AvgIpc) is 3.00. The number of aromatic nitrogens is 4. The molecule has 4 nitrogen and oxygen atoms in total. The molecular formula is C15H11ClN4. The van der Waals surface area contributed by atoms with Crippen LogP contribution in [-0.2, 0) is 0 Å². The molecule has 0 bridgehead atoms. The van der Waals surface area contributed by atoms with Crippen molar-refractivity contribution in [2.24, 2.45) is 0 Å². The van der Waals surface area contributed by atoms with Gasteiger partial charge in [-0.1, -0.05) is 5.92 Å². The number of nitrogens with zero attached hydrogens (tertiary/aromatic N) is 3. The van der Waals surface area contributed by atoms with Crippen molar-refractivity contribution in [3.05, 3.63) is 66.6 Å². The van der Waals surface area contributed by atoms with Crippen molar-refractivity contribution in [2.45, 2.75) is 0 Å². The van der Waals surface area contributed by atoms with Crippen molar-refractivity contribution >= 4 is 12.4 Å². The highest BCUT2D eigenvalue weighted by Gasteiger charge is 1.97. The summed E-state index contributed by atoms with van der Waals surface area (Å²) in [4.78, 5) is 15.4. The number of pyridine rings is 2. The Bertz CT molecular complexity index is 710. The first kappa shape index (κ1) is 13.8.